The van der Waals surface area contributed by atoms with E-state index < -0.39 is 0 Å². The maximum Gasteiger partial charge on any atom is 0.153 e. The minimum absolute atomic E-state index is 0.297. The highest BCUT2D eigenvalue weighted by molar-refractivity contribution is 6.30. The third-order valence-corrected chi connectivity index (χ3v) is 2.69. The Kier molecular flexibility index (Phi) is 3.63. The van der Waals surface area contributed by atoms with Crippen molar-refractivity contribution in [2.24, 2.45) is 0 Å². The second-order valence-electron chi connectivity index (χ2n) is 3.81. The number of aryl methyl sites for hydroxylation is 1. The minimum atomic E-state index is -0.297. The molecule has 0 aliphatic carbocycles. The summed E-state index contributed by atoms with van der Waals surface area (Å²) in [4.78, 5) is 10.9. The predicted molar refractivity (Wildman–Crippen MR) is 68.1 cm³/mol. The van der Waals surface area contributed by atoms with Gasteiger partial charge in [-0.05, 0) is 48.9 Å². The van der Waals surface area contributed by atoms with E-state index in [1.807, 2.05) is 0 Å². The lowest BCUT2D eigenvalue weighted by Gasteiger charge is -2.09. The Morgan fingerprint density at radius 1 is 1.22 bits per heavy atom. The molecule has 0 saturated carbocycles. The van der Waals surface area contributed by atoms with Gasteiger partial charge in [0.2, 0.25) is 0 Å². The molecule has 0 saturated heterocycles. The van der Waals surface area contributed by atoms with Gasteiger partial charge < -0.3 is 4.74 Å². The summed E-state index contributed by atoms with van der Waals surface area (Å²) in [5, 5.41) is 0.458. The van der Waals surface area contributed by atoms with Crippen LogP contribution in [0.2, 0.25) is 5.02 Å². The highest BCUT2D eigenvalue weighted by atomic mass is 35.5. The Morgan fingerprint density at radius 2 is 2.00 bits per heavy atom. The van der Waals surface area contributed by atoms with E-state index in [0.717, 1.165) is 0 Å². The SMILES string of the molecule is Cc1cc(Oc2ccc(Cl)cc2C=O)ccc1F. The number of ether oxygens (including phenoxy) is 1. The zero-order valence-corrected chi connectivity index (χ0v) is 10.4. The Bertz CT molecular complexity index is 596. The third kappa shape index (κ3) is 2.68. The van der Waals surface area contributed by atoms with Gasteiger partial charge in [0, 0.05) is 5.02 Å². The van der Waals surface area contributed by atoms with E-state index in [-0.39, 0.29) is 5.82 Å². The Hall–Kier alpha value is -1.87. The maximum atomic E-state index is 13.1. The van der Waals surface area contributed by atoms with Crippen molar-refractivity contribution in [2.75, 3.05) is 0 Å². The van der Waals surface area contributed by atoms with Crippen molar-refractivity contribution >= 4 is 17.9 Å². The van der Waals surface area contributed by atoms with Crippen molar-refractivity contribution in [3.8, 4) is 11.5 Å². The van der Waals surface area contributed by atoms with Crippen LogP contribution in [0.25, 0.3) is 0 Å². The van der Waals surface area contributed by atoms with E-state index >= 15 is 0 Å². The Morgan fingerprint density at radius 3 is 2.67 bits per heavy atom. The lowest BCUT2D eigenvalue weighted by molar-refractivity contribution is 0.112. The van der Waals surface area contributed by atoms with E-state index in [1.54, 1.807) is 25.1 Å². The van der Waals surface area contributed by atoms with Crippen LogP contribution >= 0.6 is 11.6 Å². The number of hydrogen-bond donors (Lipinski definition) is 0. The number of rotatable bonds is 3. The molecule has 0 spiro atoms. The Labute approximate surface area is 109 Å². The smallest absolute Gasteiger partial charge is 0.153 e. The van der Waals surface area contributed by atoms with Crippen molar-refractivity contribution in [3.05, 3.63) is 58.4 Å². The van der Waals surface area contributed by atoms with Gasteiger partial charge in [-0.1, -0.05) is 11.6 Å². The molecule has 0 bridgehead atoms. The molecular formula is C14H10ClFO2. The van der Waals surface area contributed by atoms with Crippen LogP contribution in [-0.4, -0.2) is 6.29 Å². The first kappa shape index (κ1) is 12.6. The quantitative estimate of drug-likeness (QED) is 0.769. The number of carbonyl (C=O) groups is 1. The molecule has 2 aromatic carbocycles. The molecule has 0 radical (unpaired) electrons. The van der Waals surface area contributed by atoms with E-state index in [4.69, 9.17) is 16.3 Å². The van der Waals surface area contributed by atoms with E-state index in [0.29, 0.717) is 33.9 Å². The minimum Gasteiger partial charge on any atom is -0.457 e. The molecular weight excluding hydrogens is 255 g/mol. The summed E-state index contributed by atoms with van der Waals surface area (Å²) >= 11 is 5.78. The molecule has 0 N–H and O–H groups in total. The van der Waals surface area contributed by atoms with Crippen LogP contribution in [0.1, 0.15) is 15.9 Å². The summed E-state index contributed by atoms with van der Waals surface area (Å²) in [5.74, 6) is 0.564. The molecule has 2 nitrogen and oxygen atoms in total. The summed E-state index contributed by atoms with van der Waals surface area (Å²) in [6.07, 6.45) is 0.664. The molecule has 4 heteroatoms. The topological polar surface area (TPSA) is 26.3 Å². The summed E-state index contributed by atoms with van der Waals surface area (Å²) in [7, 11) is 0. The molecule has 0 aliphatic rings. The molecule has 0 fully saturated rings. The van der Waals surface area contributed by atoms with Gasteiger partial charge in [-0.3, -0.25) is 4.79 Å². The normalized spacial score (nSPS) is 10.2. The average molecular weight is 265 g/mol. The molecule has 0 amide bonds. The monoisotopic (exact) mass is 264 g/mol. The number of carbonyl (C=O) groups excluding carboxylic acids is 1. The van der Waals surface area contributed by atoms with E-state index in [2.05, 4.69) is 0 Å². The van der Waals surface area contributed by atoms with Crippen LogP contribution in [0.4, 0.5) is 4.39 Å². The van der Waals surface area contributed by atoms with Crippen LogP contribution in [0, 0.1) is 12.7 Å². The number of benzene rings is 2. The van der Waals surface area contributed by atoms with Crippen LogP contribution in [0.15, 0.2) is 36.4 Å². The molecule has 0 atom stereocenters. The third-order valence-electron chi connectivity index (χ3n) is 2.46. The fourth-order valence-electron chi connectivity index (χ4n) is 1.51. The van der Waals surface area contributed by atoms with Gasteiger partial charge in [0.1, 0.15) is 17.3 Å². The molecule has 2 aromatic rings. The Balaban J connectivity index is 2.33. The summed E-state index contributed by atoms with van der Waals surface area (Å²) < 4.78 is 18.6. The highest BCUT2D eigenvalue weighted by Crippen LogP contribution is 2.27. The van der Waals surface area contributed by atoms with Gasteiger partial charge in [-0.15, -0.1) is 0 Å². The standard InChI is InChI=1S/C14H10ClFO2/c1-9-6-12(3-4-13(9)16)18-14-5-2-11(15)7-10(14)8-17/h2-8H,1H3. The van der Waals surface area contributed by atoms with Crippen LogP contribution < -0.4 is 4.74 Å². The lowest BCUT2D eigenvalue weighted by Crippen LogP contribution is -1.91. The largest absolute Gasteiger partial charge is 0.457 e. The predicted octanol–water partition coefficient (Wildman–Crippen LogP) is 4.39. The van der Waals surface area contributed by atoms with E-state index in [1.165, 1.54) is 18.2 Å². The molecule has 0 unspecified atom stereocenters. The molecule has 92 valence electrons. The zero-order chi connectivity index (χ0) is 13.1. The fourth-order valence-corrected chi connectivity index (χ4v) is 1.69. The number of aldehydes is 1. The molecule has 0 heterocycles. The van der Waals surface area contributed by atoms with Gasteiger partial charge >= 0.3 is 0 Å². The van der Waals surface area contributed by atoms with Gasteiger partial charge in [0.25, 0.3) is 0 Å². The lowest BCUT2D eigenvalue weighted by atomic mass is 10.2. The first-order valence-corrected chi connectivity index (χ1v) is 5.66. The summed E-state index contributed by atoms with van der Waals surface area (Å²) in [6.45, 7) is 1.64. The zero-order valence-electron chi connectivity index (χ0n) is 9.61. The number of halogens is 2. The van der Waals surface area contributed by atoms with Crippen LogP contribution in [-0.2, 0) is 0 Å². The first-order chi connectivity index (χ1) is 8.60. The van der Waals surface area contributed by atoms with Crippen molar-refractivity contribution in [1.29, 1.82) is 0 Å². The second kappa shape index (κ2) is 5.19. The highest BCUT2D eigenvalue weighted by Gasteiger charge is 2.06. The molecule has 18 heavy (non-hydrogen) atoms. The van der Waals surface area contributed by atoms with E-state index in [9.17, 15) is 9.18 Å². The maximum absolute atomic E-state index is 13.1. The number of hydrogen-bond acceptors (Lipinski definition) is 2. The second-order valence-corrected chi connectivity index (χ2v) is 4.25. The van der Waals surface area contributed by atoms with Gasteiger partial charge in [0.05, 0.1) is 5.56 Å². The summed E-state index contributed by atoms with van der Waals surface area (Å²) in [6, 6.07) is 9.14. The van der Waals surface area contributed by atoms with Crippen molar-refractivity contribution in [2.45, 2.75) is 6.92 Å². The van der Waals surface area contributed by atoms with Crippen LogP contribution in [0.3, 0.4) is 0 Å². The van der Waals surface area contributed by atoms with Gasteiger partial charge in [-0.25, -0.2) is 4.39 Å². The average Bonchev–Trinajstić information content (AvgIpc) is 2.36. The van der Waals surface area contributed by atoms with Crippen molar-refractivity contribution in [1.82, 2.24) is 0 Å². The fraction of sp³-hybridized carbons (Fsp3) is 0.0714. The molecule has 0 aliphatic heterocycles. The summed E-state index contributed by atoms with van der Waals surface area (Å²) in [5.41, 5.74) is 0.832. The van der Waals surface area contributed by atoms with Crippen LogP contribution in [0.5, 0.6) is 11.5 Å². The van der Waals surface area contributed by atoms with Crippen molar-refractivity contribution < 1.29 is 13.9 Å². The molecule has 0 aromatic heterocycles. The van der Waals surface area contributed by atoms with Gasteiger partial charge in [-0.2, -0.15) is 0 Å². The first-order valence-electron chi connectivity index (χ1n) is 5.29. The molecule has 2 rings (SSSR count). The van der Waals surface area contributed by atoms with Gasteiger partial charge in [0.15, 0.2) is 6.29 Å². The van der Waals surface area contributed by atoms with Crippen molar-refractivity contribution in [3.63, 3.8) is 0 Å².